The van der Waals surface area contributed by atoms with Gasteiger partial charge in [-0.2, -0.15) is 4.31 Å². The fraction of sp³-hybridized carbons (Fsp3) is 0.417. The molecule has 0 amide bonds. The highest BCUT2D eigenvalue weighted by molar-refractivity contribution is 9.10. The first-order valence-corrected chi connectivity index (χ1v) is 8.14. The Kier molecular flexibility index (Phi) is 4.27. The van der Waals surface area contributed by atoms with E-state index in [1.165, 1.54) is 12.1 Å². The zero-order chi connectivity index (χ0) is 14.0. The maximum atomic E-state index is 12.4. The van der Waals surface area contributed by atoms with Crippen LogP contribution in [0.5, 0.6) is 0 Å². The molecule has 0 aromatic heterocycles. The average molecular weight is 347 g/mol. The number of piperidine rings is 1. The number of rotatable bonds is 3. The maximum absolute atomic E-state index is 12.4. The molecule has 0 spiro atoms. The summed E-state index contributed by atoms with van der Waals surface area (Å²) in [6.45, 7) is 0.219. The summed E-state index contributed by atoms with van der Waals surface area (Å²) in [6.07, 6.45) is 1.67. The van der Waals surface area contributed by atoms with Crippen molar-refractivity contribution in [2.24, 2.45) is 0 Å². The fourth-order valence-corrected chi connectivity index (χ4v) is 4.08. The van der Waals surface area contributed by atoms with Gasteiger partial charge in [-0.25, -0.2) is 8.42 Å². The minimum atomic E-state index is -3.78. The smallest absolute Gasteiger partial charge is 0.243 e. The van der Waals surface area contributed by atoms with E-state index < -0.39 is 22.0 Å². The van der Waals surface area contributed by atoms with Crippen molar-refractivity contribution in [2.75, 3.05) is 6.54 Å². The van der Waals surface area contributed by atoms with Crippen LogP contribution in [0, 0.1) is 0 Å². The van der Waals surface area contributed by atoms with Gasteiger partial charge in [-0.05, 0) is 37.1 Å². The molecule has 1 aromatic rings. The molecule has 1 fully saturated rings. The molecule has 5 nitrogen and oxygen atoms in total. The first-order chi connectivity index (χ1) is 8.93. The molecule has 1 unspecified atom stereocenters. The third kappa shape index (κ3) is 2.98. The van der Waals surface area contributed by atoms with Gasteiger partial charge in [-0.15, -0.1) is 0 Å². The number of aliphatic carboxylic acids is 1. The van der Waals surface area contributed by atoms with Gasteiger partial charge in [0.1, 0.15) is 0 Å². The summed E-state index contributed by atoms with van der Waals surface area (Å²) >= 11 is 3.23. The number of carboxylic acids is 1. The molecule has 1 aliphatic rings. The Morgan fingerprint density at radius 1 is 1.26 bits per heavy atom. The highest BCUT2D eigenvalue weighted by Crippen LogP contribution is 2.25. The second-order valence-electron chi connectivity index (χ2n) is 4.40. The summed E-state index contributed by atoms with van der Waals surface area (Å²) in [5.74, 6) is -1.33. The summed E-state index contributed by atoms with van der Waals surface area (Å²) in [5.41, 5.74) is 0. The Hall–Kier alpha value is -0.920. The van der Waals surface area contributed by atoms with Gasteiger partial charge in [0.2, 0.25) is 10.0 Å². The van der Waals surface area contributed by atoms with Crippen molar-refractivity contribution >= 4 is 31.9 Å². The van der Waals surface area contributed by atoms with Crippen LogP contribution in [0.1, 0.15) is 19.3 Å². The lowest BCUT2D eigenvalue weighted by molar-refractivity contribution is -0.311. The highest BCUT2D eigenvalue weighted by Gasteiger charge is 2.34. The predicted molar refractivity (Wildman–Crippen MR) is 70.7 cm³/mol. The Labute approximate surface area is 120 Å². The number of hydrogen-bond acceptors (Lipinski definition) is 4. The van der Waals surface area contributed by atoms with Crippen molar-refractivity contribution in [1.82, 2.24) is 4.31 Å². The number of halogens is 1. The van der Waals surface area contributed by atoms with Crippen LogP contribution in [0.25, 0.3) is 0 Å². The topological polar surface area (TPSA) is 77.5 Å². The molecule has 2 rings (SSSR count). The number of hydrogen-bond donors (Lipinski definition) is 0. The monoisotopic (exact) mass is 346 g/mol. The SMILES string of the molecule is O=C([O-])C1CCCCN1S(=O)(=O)c1ccc(Br)cc1. The van der Waals surface area contributed by atoms with E-state index in [4.69, 9.17) is 0 Å². The van der Waals surface area contributed by atoms with E-state index in [1.807, 2.05) is 0 Å². The number of benzene rings is 1. The molecule has 0 bridgehead atoms. The van der Waals surface area contributed by atoms with Gasteiger partial charge >= 0.3 is 0 Å². The standard InChI is InChI=1S/C12H14BrNO4S/c13-9-4-6-10(7-5-9)19(17,18)14-8-2-1-3-11(14)12(15)16/h4-7,11H,1-3,8H2,(H,15,16)/p-1. The lowest BCUT2D eigenvalue weighted by Crippen LogP contribution is -2.52. The Balaban J connectivity index is 2.37. The molecule has 104 valence electrons. The lowest BCUT2D eigenvalue weighted by atomic mass is 10.1. The van der Waals surface area contributed by atoms with Crippen molar-refractivity contribution in [2.45, 2.75) is 30.2 Å². The van der Waals surface area contributed by atoms with E-state index >= 15 is 0 Å². The van der Waals surface area contributed by atoms with E-state index in [2.05, 4.69) is 15.9 Å². The van der Waals surface area contributed by atoms with Crippen molar-refractivity contribution < 1.29 is 18.3 Å². The van der Waals surface area contributed by atoms with Crippen LogP contribution in [-0.2, 0) is 14.8 Å². The summed E-state index contributed by atoms with van der Waals surface area (Å²) in [4.78, 5) is 11.2. The summed E-state index contributed by atoms with van der Waals surface area (Å²) < 4.78 is 26.7. The van der Waals surface area contributed by atoms with Gasteiger partial charge in [0.25, 0.3) is 0 Å². The van der Waals surface area contributed by atoms with Crippen molar-refractivity contribution in [3.63, 3.8) is 0 Å². The quantitative estimate of drug-likeness (QED) is 0.808. The third-order valence-corrected chi connectivity index (χ3v) is 5.60. The largest absolute Gasteiger partial charge is 0.548 e. The molecule has 1 aliphatic heterocycles. The second kappa shape index (κ2) is 5.60. The van der Waals surface area contributed by atoms with E-state index in [1.54, 1.807) is 12.1 Å². The first kappa shape index (κ1) is 14.5. The molecular weight excluding hydrogens is 334 g/mol. The van der Waals surface area contributed by atoms with Gasteiger partial charge in [0.05, 0.1) is 16.9 Å². The van der Waals surface area contributed by atoms with Crippen LogP contribution in [0.3, 0.4) is 0 Å². The molecule has 0 radical (unpaired) electrons. The Morgan fingerprint density at radius 2 is 1.89 bits per heavy atom. The molecule has 1 saturated heterocycles. The van der Waals surface area contributed by atoms with Gasteiger partial charge in [-0.3, -0.25) is 0 Å². The van der Waals surface area contributed by atoms with Crippen LogP contribution in [-0.4, -0.2) is 31.3 Å². The van der Waals surface area contributed by atoms with Gasteiger partial charge in [0, 0.05) is 11.0 Å². The summed E-state index contributed by atoms with van der Waals surface area (Å²) in [7, 11) is -3.78. The highest BCUT2D eigenvalue weighted by atomic mass is 79.9. The van der Waals surface area contributed by atoms with E-state index in [0.29, 0.717) is 19.3 Å². The normalized spacial score (nSPS) is 21.2. The molecule has 0 aliphatic carbocycles. The Morgan fingerprint density at radius 3 is 2.47 bits per heavy atom. The van der Waals surface area contributed by atoms with Crippen LogP contribution in [0.2, 0.25) is 0 Å². The number of nitrogens with zero attached hydrogens (tertiary/aromatic N) is 1. The molecule has 0 N–H and O–H groups in total. The zero-order valence-corrected chi connectivity index (χ0v) is 12.5. The third-order valence-electron chi connectivity index (χ3n) is 3.15. The average Bonchev–Trinajstić information content (AvgIpc) is 2.39. The van der Waals surface area contributed by atoms with Crippen LogP contribution >= 0.6 is 15.9 Å². The molecule has 7 heteroatoms. The van der Waals surface area contributed by atoms with Gasteiger partial charge in [0.15, 0.2) is 0 Å². The fourth-order valence-electron chi connectivity index (χ4n) is 2.17. The second-order valence-corrected chi connectivity index (χ2v) is 7.21. The molecule has 1 atom stereocenters. The van der Waals surface area contributed by atoms with E-state index in [0.717, 1.165) is 8.78 Å². The molecule has 19 heavy (non-hydrogen) atoms. The van der Waals surface area contributed by atoms with Crippen molar-refractivity contribution in [1.29, 1.82) is 0 Å². The number of sulfonamides is 1. The zero-order valence-electron chi connectivity index (χ0n) is 10.1. The van der Waals surface area contributed by atoms with Crippen molar-refractivity contribution in [3.8, 4) is 0 Å². The molecule has 0 saturated carbocycles. The summed E-state index contributed by atoms with van der Waals surface area (Å²) in [5, 5.41) is 11.1. The Bertz CT molecular complexity index is 570. The van der Waals surface area contributed by atoms with Crippen LogP contribution in [0.15, 0.2) is 33.6 Å². The van der Waals surface area contributed by atoms with E-state index in [-0.39, 0.29) is 11.4 Å². The first-order valence-electron chi connectivity index (χ1n) is 5.91. The predicted octanol–water partition coefficient (Wildman–Crippen LogP) is 0.742. The lowest BCUT2D eigenvalue weighted by Gasteiger charge is -2.35. The number of carbonyl (C=O) groups excluding carboxylic acids is 1. The molecular formula is C12H13BrNO4S-. The van der Waals surface area contributed by atoms with Crippen molar-refractivity contribution in [3.05, 3.63) is 28.7 Å². The minimum Gasteiger partial charge on any atom is -0.548 e. The minimum absolute atomic E-state index is 0.101. The number of carbonyl (C=O) groups is 1. The maximum Gasteiger partial charge on any atom is 0.243 e. The molecule has 1 heterocycles. The van der Waals surface area contributed by atoms with Crippen LogP contribution in [0.4, 0.5) is 0 Å². The number of carboxylic acid groups (broad SMARTS) is 1. The van der Waals surface area contributed by atoms with Crippen LogP contribution < -0.4 is 5.11 Å². The summed E-state index contributed by atoms with van der Waals surface area (Å²) in [6, 6.07) is 5.08. The molecule has 1 aromatic carbocycles. The van der Waals surface area contributed by atoms with Gasteiger partial charge in [-0.1, -0.05) is 22.4 Å². The van der Waals surface area contributed by atoms with Gasteiger partial charge < -0.3 is 9.90 Å². The van der Waals surface area contributed by atoms with E-state index in [9.17, 15) is 18.3 Å².